The van der Waals surface area contributed by atoms with E-state index in [2.05, 4.69) is 16.3 Å². The number of nitrogens with two attached hydrogens (primary N) is 2. The number of hydrogen-bond acceptors (Lipinski definition) is 5. The maximum atomic E-state index is 11.5. The molecule has 0 spiro atoms. The van der Waals surface area contributed by atoms with Crippen molar-refractivity contribution in [3.05, 3.63) is 41.5 Å². The van der Waals surface area contributed by atoms with E-state index in [4.69, 9.17) is 16.7 Å². The number of carbonyl (C=O) groups is 2. The van der Waals surface area contributed by atoms with Gasteiger partial charge in [-0.2, -0.15) is 5.26 Å². The van der Waals surface area contributed by atoms with Gasteiger partial charge in [0.15, 0.2) is 0 Å². The Morgan fingerprint density at radius 1 is 1.28 bits per heavy atom. The molecule has 2 aromatic rings. The van der Waals surface area contributed by atoms with E-state index in [1.54, 1.807) is 6.07 Å². The number of hydrogen-bond donors (Lipinski definition) is 3. The van der Waals surface area contributed by atoms with Crippen molar-refractivity contribution in [2.45, 2.75) is 13.0 Å². The highest BCUT2D eigenvalue weighted by molar-refractivity contribution is 7.20. The first-order chi connectivity index (χ1) is 11.9. The van der Waals surface area contributed by atoms with Crippen molar-refractivity contribution in [3.8, 4) is 16.5 Å². The minimum atomic E-state index is -0.744. The lowest BCUT2D eigenvalue weighted by molar-refractivity contribution is 0.100. The number of urea groups is 1. The summed E-state index contributed by atoms with van der Waals surface area (Å²) in [6.07, 6.45) is 0.495. The van der Waals surface area contributed by atoms with E-state index < -0.39 is 11.9 Å². The van der Waals surface area contributed by atoms with Crippen molar-refractivity contribution in [3.63, 3.8) is 0 Å². The van der Waals surface area contributed by atoms with Crippen LogP contribution in [0.3, 0.4) is 0 Å². The average Bonchev–Trinajstić information content (AvgIpc) is 2.97. The number of nitrogens with one attached hydrogen (secondary N) is 1. The van der Waals surface area contributed by atoms with E-state index in [1.165, 1.54) is 11.3 Å². The normalized spacial score (nSPS) is 10.4. The molecule has 0 aliphatic rings. The topological polar surface area (TPSA) is 125 Å². The molecule has 5 N–H and O–H groups in total. The lowest BCUT2D eigenvalue weighted by Crippen LogP contribution is -2.21. The molecule has 25 heavy (non-hydrogen) atoms. The molecule has 0 radical (unpaired) electrons. The molecule has 0 saturated carbocycles. The largest absolute Gasteiger partial charge is 0.366 e. The molecule has 1 aromatic carbocycles. The fourth-order valence-electron chi connectivity index (χ4n) is 2.33. The van der Waals surface area contributed by atoms with Gasteiger partial charge in [-0.05, 0) is 24.2 Å². The standard InChI is InChI=1S/C17H19N5O2S/c1-22(8-2-7-18)10-11-3-5-12(6-4-11)14-9-13(15(19)23)16(25-14)21-17(20)24/h3-6,9H,2,8,10H2,1H3,(H2,19,23)(H3,20,21,24). The van der Waals surface area contributed by atoms with E-state index in [1.807, 2.05) is 31.3 Å². The van der Waals surface area contributed by atoms with Crippen LogP contribution >= 0.6 is 11.3 Å². The van der Waals surface area contributed by atoms with Gasteiger partial charge >= 0.3 is 6.03 Å². The number of benzene rings is 1. The molecule has 0 saturated heterocycles. The van der Waals surface area contributed by atoms with Crippen molar-refractivity contribution >= 4 is 28.3 Å². The summed E-state index contributed by atoms with van der Waals surface area (Å²) in [4.78, 5) is 25.5. The lowest BCUT2D eigenvalue weighted by Gasteiger charge is -2.14. The van der Waals surface area contributed by atoms with Crippen LogP contribution in [-0.2, 0) is 6.54 Å². The Kier molecular flexibility index (Phi) is 6.11. The van der Waals surface area contributed by atoms with Gasteiger partial charge in [-0.1, -0.05) is 24.3 Å². The van der Waals surface area contributed by atoms with Crippen LogP contribution in [0.25, 0.3) is 10.4 Å². The molecule has 1 aromatic heterocycles. The Morgan fingerprint density at radius 2 is 1.96 bits per heavy atom. The SMILES string of the molecule is CN(CCC#N)Cc1ccc(-c2cc(C(N)=O)c(NC(N)=O)s2)cc1. The number of nitriles is 1. The Hall–Kier alpha value is -2.89. The first-order valence-electron chi connectivity index (χ1n) is 7.55. The summed E-state index contributed by atoms with van der Waals surface area (Å²) in [5, 5.41) is 11.4. The zero-order chi connectivity index (χ0) is 18.4. The van der Waals surface area contributed by atoms with Crippen molar-refractivity contribution in [1.82, 2.24) is 4.90 Å². The Labute approximate surface area is 149 Å². The third-order valence-corrected chi connectivity index (χ3v) is 4.63. The molecule has 0 fully saturated rings. The molecule has 3 amide bonds. The highest BCUT2D eigenvalue weighted by atomic mass is 32.1. The van der Waals surface area contributed by atoms with Crippen LogP contribution in [0.15, 0.2) is 30.3 Å². The fourth-order valence-corrected chi connectivity index (χ4v) is 3.40. The first kappa shape index (κ1) is 18.4. The highest BCUT2D eigenvalue weighted by Gasteiger charge is 2.16. The van der Waals surface area contributed by atoms with Gasteiger partial charge in [0.1, 0.15) is 5.00 Å². The Bertz CT molecular complexity index is 807. The molecule has 130 valence electrons. The van der Waals surface area contributed by atoms with Gasteiger partial charge < -0.3 is 16.4 Å². The smallest absolute Gasteiger partial charge is 0.317 e. The molecule has 1 heterocycles. The van der Waals surface area contributed by atoms with Crippen molar-refractivity contribution in [2.24, 2.45) is 11.5 Å². The number of rotatable bonds is 7. The lowest BCUT2D eigenvalue weighted by atomic mass is 10.1. The zero-order valence-corrected chi connectivity index (χ0v) is 14.6. The van der Waals surface area contributed by atoms with Crippen LogP contribution in [-0.4, -0.2) is 30.4 Å². The summed E-state index contributed by atoms with van der Waals surface area (Å²) in [6, 6.07) is 10.9. The fraction of sp³-hybridized carbons (Fsp3) is 0.235. The van der Waals surface area contributed by atoms with Gasteiger partial charge in [-0.3, -0.25) is 10.1 Å². The summed E-state index contributed by atoms with van der Waals surface area (Å²) in [6.45, 7) is 1.46. The Balaban J connectivity index is 2.18. The summed E-state index contributed by atoms with van der Waals surface area (Å²) < 4.78 is 0. The predicted molar refractivity (Wildman–Crippen MR) is 98.0 cm³/mol. The van der Waals surface area contributed by atoms with Gasteiger partial charge in [0, 0.05) is 24.4 Å². The highest BCUT2D eigenvalue weighted by Crippen LogP contribution is 2.35. The second-order valence-corrected chi connectivity index (χ2v) is 6.60. The third-order valence-electron chi connectivity index (χ3n) is 3.53. The van der Waals surface area contributed by atoms with Crippen LogP contribution in [0, 0.1) is 11.3 Å². The number of nitrogens with zero attached hydrogens (tertiary/aromatic N) is 2. The zero-order valence-electron chi connectivity index (χ0n) is 13.8. The monoisotopic (exact) mass is 357 g/mol. The van der Waals surface area contributed by atoms with Gasteiger partial charge in [0.05, 0.1) is 11.6 Å². The molecule has 0 unspecified atom stereocenters. The Morgan fingerprint density at radius 3 is 2.52 bits per heavy atom. The second kappa shape index (κ2) is 8.28. The van der Waals surface area contributed by atoms with E-state index in [0.29, 0.717) is 18.0 Å². The molecule has 0 aliphatic heterocycles. The number of carbonyl (C=O) groups excluding carboxylic acids is 2. The molecule has 0 atom stereocenters. The number of anilines is 1. The molecule has 8 heteroatoms. The van der Waals surface area contributed by atoms with E-state index in [0.717, 1.165) is 22.5 Å². The molecule has 2 rings (SSSR count). The second-order valence-electron chi connectivity index (χ2n) is 5.55. The number of amides is 3. The van der Waals surface area contributed by atoms with Gasteiger partial charge in [0.2, 0.25) is 0 Å². The van der Waals surface area contributed by atoms with Crippen molar-refractivity contribution in [2.75, 3.05) is 18.9 Å². The predicted octanol–water partition coefficient (Wildman–Crippen LogP) is 2.35. The molecule has 0 aliphatic carbocycles. The maximum Gasteiger partial charge on any atom is 0.317 e. The summed E-state index contributed by atoms with van der Waals surface area (Å²) in [7, 11) is 1.96. The molecular formula is C17H19N5O2S. The summed E-state index contributed by atoms with van der Waals surface area (Å²) in [5.74, 6) is -0.623. The average molecular weight is 357 g/mol. The van der Waals surface area contributed by atoms with Crippen LogP contribution in [0.1, 0.15) is 22.3 Å². The van der Waals surface area contributed by atoms with Crippen LogP contribution in [0.2, 0.25) is 0 Å². The minimum Gasteiger partial charge on any atom is -0.366 e. The van der Waals surface area contributed by atoms with Gasteiger partial charge in [-0.15, -0.1) is 11.3 Å². The molecule has 7 nitrogen and oxygen atoms in total. The molecular weight excluding hydrogens is 338 g/mol. The van der Waals surface area contributed by atoms with Crippen LogP contribution < -0.4 is 16.8 Å². The molecule has 0 bridgehead atoms. The summed E-state index contributed by atoms with van der Waals surface area (Å²) >= 11 is 1.24. The van der Waals surface area contributed by atoms with Crippen LogP contribution in [0.5, 0.6) is 0 Å². The van der Waals surface area contributed by atoms with Gasteiger partial charge in [0.25, 0.3) is 5.91 Å². The first-order valence-corrected chi connectivity index (χ1v) is 8.37. The van der Waals surface area contributed by atoms with Crippen molar-refractivity contribution < 1.29 is 9.59 Å². The van der Waals surface area contributed by atoms with E-state index >= 15 is 0 Å². The number of primary amides is 2. The third kappa shape index (κ3) is 5.04. The van der Waals surface area contributed by atoms with Crippen LogP contribution in [0.4, 0.5) is 9.80 Å². The summed E-state index contributed by atoms with van der Waals surface area (Å²) in [5.41, 5.74) is 12.7. The number of thiophene rings is 1. The minimum absolute atomic E-state index is 0.235. The van der Waals surface area contributed by atoms with E-state index in [-0.39, 0.29) is 5.56 Å². The van der Waals surface area contributed by atoms with E-state index in [9.17, 15) is 9.59 Å². The maximum absolute atomic E-state index is 11.5. The van der Waals surface area contributed by atoms with Crippen molar-refractivity contribution in [1.29, 1.82) is 5.26 Å². The van der Waals surface area contributed by atoms with Gasteiger partial charge in [-0.25, -0.2) is 4.79 Å². The quantitative estimate of drug-likeness (QED) is 0.703.